The first-order valence-corrected chi connectivity index (χ1v) is 18.7. The Bertz CT molecular complexity index is 1170. The van der Waals surface area contributed by atoms with Crippen LogP contribution in [-0.4, -0.2) is 8.07 Å². The molecule has 0 heterocycles. The van der Waals surface area contributed by atoms with Crippen LogP contribution in [0.5, 0.6) is 0 Å². The second-order valence-corrected chi connectivity index (χ2v) is 16.7. The number of hydrogen-bond acceptors (Lipinski definition) is 0. The van der Waals surface area contributed by atoms with Gasteiger partial charge in [-0.2, -0.15) is 0 Å². The number of rotatable bonds is 14. The van der Waals surface area contributed by atoms with Crippen LogP contribution >= 0.6 is 0 Å². The fraction of sp³-hybridized carbons (Fsp3) is 0.421. The molecule has 3 aromatic rings. The minimum Gasteiger partial charge on any atom is -1.00 e. The summed E-state index contributed by atoms with van der Waals surface area (Å²) < 4.78 is 1.49. The van der Waals surface area contributed by atoms with Gasteiger partial charge in [-0.1, -0.05) is 0 Å². The molecule has 0 saturated heterocycles. The second-order valence-electron chi connectivity index (χ2n) is 12.0. The molecule has 0 unspecified atom stereocenters. The fourth-order valence-electron chi connectivity index (χ4n) is 6.53. The first-order valence-electron chi connectivity index (χ1n) is 15.9. The molecule has 0 saturated carbocycles. The molecule has 4 rings (SSSR count). The van der Waals surface area contributed by atoms with Crippen LogP contribution in [0.3, 0.4) is 0 Å². The molecule has 0 bridgehead atoms. The van der Waals surface area contributed by atoms with Gasteiger partial charge in [0.05, 0.1) is 0 Å². The van der Waals surface area contributed by atoms with E-state index in [1.165, 1.54) is 93.9 Å². The molecule has 1 aliphatic carbocycles. The van der Waals surface area contributed by atoms with E-state index in [4.69, 9.17) is 0 Å². The van der Waals surface area contributed by atoms with Crippen LogP contribution in [0.2, 0.25) is 0 Å². The molecule has 0 spiro atoms. The molecule has 1 aliphatic rings. The maximum atomic E-state index is 2.51. The number of allylic oxidation sites excluding steroid dienone is 4. The first-order chi connectivity index (χ1) is 19.4. The summed E-state index contributed by atoms with van der Waals surface area (Å²) in [6.07, 6.45) is 14.6. The van der Waals surface area contributed by atoms with Gasteiger partial charge >= 0.3 is 259 Å². The minimum atomic E-state index is -2.49. The summed E-state index contributed by atoms with van der Waals surface area (Å²) in [5.74, 6) is 0.511. The van der Waals surface area contributed by atoms with E-state index in [2.05, 4.69) is 134 Å². The summed E-state index contributed by atoms with van der Waals surface area (Å²) >= 11 is 2.34. The zero-order chi connectivity index (χ0) is 28.5. The predicted molar refractivity (Wildman–Crippen MR) is 174 cm³/mol. The molecule has 0 atom stereocenters. The van der Waals surface area contributed by atoms with E-state index >= 15 is 0 Å². The van der Waals surface area contributed by atoms with Gasteiger partial charge in [-0.3, -0.25) is 0 Å². The average molecular weight is 688 g/mol. The van der Waals surface area contributed by atoms with Crippen molar-refractivity contribution in [2.24, 2.45) is 5.92 Å². The third kappa shape index (κ3) is 9.25. The minimum absolute atomic E-state index is 0. The summed E-state index contributed by atoms with van der Waals surface area (Å²) in [6.45, 7) is 11.7. The Hall–Kier alpha value is -1.06. The van der Waals surface area contributed by atoms with Crippen LogP contribution in [0.15, 0.2) is 93.5 Å². The summed E-state index contributed by atoms with van der Waals surface area (Å²) in [4.78, 5) is 0. The van der Waals surface area contributed by atoms with Gasteiger partial charge in [0.15, 0.2) is 0 Å². The molecule has 0 aromatic heterocycles. The molecule has 0 aliphatic heterocycles. The monoisotopic (exact) mass is 686 g/mol. The smallest absolute Gasteiger partial charge is 1.00 e. The van der Waals surface area contributed by atoms with Crippen molar-refractivity contribution in [1.29, 1.82) is 0 Å². The molecule has 0 nitrogen and oxygen atoms in total. The molecule has 0 radical (unpaired) electrons. The average Bonchev–Trinajstić information content (AvgIpc) is 3.37. The molecular formula is C38H49Cl3SiTi. The maximum Gasteiger partial charge on any atom is -1.00 e. The standard InChI is InChI=1S/C38H49Si.3ClH.Ti/c1-6-9-13-31-18-24-34(25-19-31)39(38-17-12-16-37(38)30(4)5,35-26-20-32(21-27-35)14-10-7-2)36-28-22-33(23-29-36)15-11-8-3;;;;/h12,18-30H,6-11,13-15,17H2,1-5H3;3*1H;/q;;;;+3/p-3. The topological polar surface area (TPSA) is 0 Å². The third-order valence-corrected chi connectivity index (χ3v) is 14.5. The molecule has 5 heteroatoms. The largest absolute Gasteiger partial charge is 1.00 e. The molecule has 3 aromatic carbocycles. The van der Waals surface area contributed by atoms with Crippen molar-refractivity contribution >= 4 is 23.6 Å². The zero-order valence-corrected chi connectivity index (χ0v) is 31.6. The Morgan fingerprint density at radius 1 is 0.581 bits per heavy atom. The van der Waals surface area contributed by atoms with Gasteiger partial charge in [-0.25, -0.2) is 0 Å². The van der Waals surface area contributed by atoms with E-state index in [0.29, 0.717) is 5.92 Å². The van der Waals surface area contributed by atoms with Gasteiger partial charge in [0.2, 0.25) is 0 Å². The van der Waals surface area contributed by atoms with E-state index in [9.17, 15) is 0 Å². The third-order valence-electron chi connectivity index (χ3n) is 8.77. The van der Waals surface area contributed by atoms with Crippen molar-refractivity contribution < 1.29 is 57.7 Å². The van der Waals surface area contributed by atoms with Crippen molar-refractivity contribution in [3.05, 3.63) is 110 Å². The Balaban J connectivity index is 0.00000308. The van der Waals surface area contributed by atoms with E-state index in [1.54, 1.807) is 10.8 Å². The molecule has 0 N–H and O–H groups in total. The van der Waals surface area contributed by atoms with Crippen LogP contribution < -0.4 is 52.8 Å². The number of unbranched alkanes of at least 4 members (excludes halogenated alkanes) is 3. The summed E-state index contributed by atoms with van der Waals surface area (Å²) in [5, 5.41) is 6.30. The van der Waals surface area contributed by atoms with Crippen LogP contribution in [0.1, 0.15) is 96.3 Å². The van der Waals surface area contributed by atoms with Crippen molar-refractivity contribution in [1.82, 2.24) is 0 Å². The Morgan fingerprint density at radius 3 is 1.19 bits per heavy atom. The van der Waals surface area contributed by atoms with Crippen molar-refractivity contribution in [3.63, 3.8) is 0 Å². The summed E-state index contributed by atoms with van der Waals surface area (Å²) in [7, 11) is -2.49. The van der Waals surface area contributed by atoms with E-state index < -0.39 is 8.07 Å². The van der Waals surface area contributed by atoms with Crippen LogP contribution in [0, 0.1) is 5.92 Å². The van der Waals surface area contributed by atoms with Gasteiger partial charge < -0.3 is 37.2 Å². The van der Waals surface area contributed by atoms with Crippen LogP contribution in [0.25, 0.3) is 0 Å². The van der Waals surface area contributed by atoms with E-state index in [1.807, 2.05) is 0 Å². The van der Waals surface area contributed by atoms with Gasteiger partial charge in [-0.15, -0.1) is 0 Å². The molecule has 0 fully saturated rings. The zero-order valence-electron chi connectivity index (χ0n) is 26.8. The van der Waals surface area contributed by atoms with Crippen molar-refractivity contribution in [2.75, 3.05) is 0 Å². The van der Waals surface area contributed by atoms with Gasteiger partial charge in [0, 0.05) is 0 Å². The number of benzene rings is 3. The van der Waals surface area contributed by atoms with Gasteiger partial charge in [0.1, 0.15) is 0 Å². The van der Waals surface area contributed by atoms with Crippen LogP contribution in [0.4, 0.5) is 0 Å². The Labute approximate surface area is 294 Å². The van der Waals surface area contributed by atoms with Gasteiger partial charge in [0.25, 0.3) is 0 Å². The number of hydrogen-bond donors (Lipinski definition) is 0. The molecule has 0 amide bonds. The Morgan fingerprint density at radius 2 is 0.907 bits per heavy atom. The summed E-state index contributed by atoms with van der Waals surface area (Å²) in [5.41, 5.74) is 6.01. The Kier molecular flexibility index (Phi) is 18.1. The van der Waals surface area contributed by atoms with Crippen molar-refractivity contribution in [2.45, 2.75) is 98.8 Å². The van der Waals surface area contributed by atoms with Crippen molar-refractivity contribution in [3.8, 4) is 0 Å². The molecule has 43 heavy (non-hydrogen) atoms. The molecular weight excluding hydrogens is 639 g/mol. The van der Waals surface area contributed by atoms with E-state index in [0.717, 1.165) is 6.42 Å². The maximum absolute atomic E-state index is 2.51. The SMILES string of the molecule is CCCCc1ccc([Si](C2=C(C(C)C)[C]([Ti+3])=CC2)(c2ccc(CCCC)cc2)c2ccc(CCCC)cc2)cc1.[Cl-].[Cl-].[Cl-]. The quantitative estimate of drug-likeness (QED) is 0.159. The van der Waals surface area contributed by atoms with Gasteiger partial charge in [-0.05, 0) is 0 Å². The van der Waals surface area contributed by atoms with Crippen LogP contribution in [-0.2, 0) is 39.7 Å². The second kappa shape index (κ2) is 19.5. The summed E-state index contributed by atoms with van der Waals surface area (Å²) in [6, 6.07) is 29.6. The number of aryl methyl sites for hydroxylation is 3. The predicted octanol–water partition coefficient (Wildman–Crippen LogP) is -0.477. The molecule has 230 valence electrons. The fourth-order valence-corrected chi connectivity index (χ4v) is 12.9. The van der Waals surface area contributed by atoms with E-state index in [-0.39, 0.29) is 37.2 Å². The number of halogens is 3. The normalized spacial score (nSPS) is 12.9. The first kappa shape index (κ1) is 40.0.